The lowest BCUT2D eigenvalue weighted by Crippen LogP contribution is -2.41. The van der Waals surface area contributed by atoms with Gasteiger partial charge in [0.05, 0.1) is 25.2 Å². The molecule has 0 aromatic heterocycles. The summed E-state index contributed by atoms with van der Waals surface area (Å²) in [4.78, 5) is 14.4. The van der Waals surface area contributed by atoms with Crippen LogP contribution < -0.4 is 4.74 Å². The fraction of sp³-hybridized carbons (Fsp3) is 0.458. The van der Waals surface area contributed by atoms with Crippen molar-refractivity contribution in [2.24, 2.45) is 5.92 Å². The molecular formula is C24H29NO4. The predicted molar refractivity (Wildman–Crippen MR) is 111 cm³/mol. The molecule has 2 aromatic carbocycles. The first kappa shape index (κ1) is 19.9. The smallest absolute Gasteiger partial charge is 0.310 e. The third-order valence-corrected chi connectivity index (χ3v) is 5.72. The minimum Gasteiger partial charge on any atom is -0.466 e. The molecule has 154 valence electrons. The van der Waals surface area contributed by atoms with Crippen LogP contribution >= 0.6 is 0 Å². The van der Waals surface area contributed by atoms with Crippen molar-refractivity contribution in [2.45, 2.75) is 32.3 Å². The van der Waals surface area contributed by atoms with E-state index in [0.29, 0.717) is 13.2 Å². The van der Waals surface area contributed by atoms with Gasteiger partial charge in [0.25, 0.3) is 0 Å². The number of fused-ring (bicyclic) bond motifs is 2. The van der Waals surface area contributed by atoms with Gasteiger partial charge in [0.1, 0.15) is 11.5 Å². The van der Waals surface area contributed by atoms with E-state index in [1.54, 1.807) is 0 Å². The number of para-hydroxylation sites is 2. The number of hydrogen-bond donors (Lipinski definition) is 0. The van der Waals surface area contributed by atoms with Gasteiger partial charge in [-0.25, -0.2) is 0 Å². The van der Waals surface area contributed by atoms with Gasteiger partial charge in [0.15, 0.2) is 0 Å². The third kappa shape index (κ3) is 4.80. The van der Waals surface area contributed by atoms with Crippen molar-refractivity contribution in [3.63, 3.8) is 0 Å². The molecule has 1 unspecified atom stereocenters. The van der Waals surface area contributed by atoms with Gasteiger partial charge in [0, 0.05) is 25.1 Å². The van der Waals surface area contributed by atoms with Gasteiger partial charge in [-0.2, -0.15) is 0 Å². The summed E-state index contributed by atoms with van der Waals surface area (Å²) in [6.45, 7) is 5.51. The molecule has 5 nitrogen and oxygen atoms in total. The minimum atomic E-state index is -0.0652. The maximum atomic E-state index is 12.1. The molecule has 0 radical (unpaired) electrons. The van der Waals surface area contributed by atoms with Gasteiger partial charge in [-0.3, -0.25) is 4.79 Å². The number of ether oxygens (including phenoxy) is 3. The van der Waals surface area contributed by atoms with E-state index >= 15 is 0 Å². The van der Waals surface area contributed by atoms with Crippen molar-refractivity contribution in [3.05, 3.63) is 59.7 Å². The second-order valence-corrected chi connectivity index (χ2v) is 7.70. The van der Waals surface area contributed by atoms with E-state index in [4.69, 9.17) is 14.2 Å². The van der Waals surface area contributed by atoms with E-state index in [1.165, 1.54) is 0 Å². The lowest BCUT2D eigenvalue weighted by Gasteiger charge is -2.31. The molecule has 0 spiro atoms. The molecule has 0 bridgehead atoms. The van der Waals surface area contributed by atoms with Crippen molar-refractivity contribution in [1.29, 1.82) is 0 Å². The highest BCUT2D eigenvalue weighted by atomic mass is 16.5. The van der Waals surface area contributed by atoms with E-state index in [2.05, 4.69) is 17.0 Å². The molecule has 2 aromatic rings. The number of benzene rings is 2. The molecule has 4 rings (SSSR count). The van der Waals surface area contributed by atoms with Crippen molar-refractivity contribution in [2.75, 3.05) is 32.8 Å². The Kier molecular flexibility index (Phi) is 6.47. The quantitative estimate of drug-likeness (QED) is 0.680. The Balaban J connectivity index is 1.38. The third-order valence-electron chi connectivity index (χ3n) is 5.72. The number of carbonyl (C=O) groups excluding carboxylic acids is 1. The van der Waals surface area contributed by atoms with Crippen LogP contribution in [0.25, 0.3) is 0 Å². The maximum Gasteiger partial charge on any atom is 0.310 e. The Morgan fingerprint density at radius 1 is 1.14 bits per heavy atom. The van der Waals surface area contributed by atoms with Crippen LogP contribution in [0.4, 0.5) is 0 Å². The molecule has 1 fully saturated rings. The van der Waals surface area contributed by atoms with Crippen LogP contribution in [0.3, 0.4) is 0 Å². The molecule has 29 heavy (non-hydrogen) atoms. The first-order chi connectivity index (χ1) is 14.2. The Labute approximate surface area is 172 Å². The SMILES string of the molecule is CCOC(=O)C1CCCN(CCO[C@@H]2Cc3ccccc3Oc3ccccc32)C1. The van der Waals surface area contributed by atoms with Crippen LogP contribution in [0.15, 0.2) is 48.5 Å². The fourth-order valence-corrected chi connectivity index (χ4v) is 4.22. The molecule has 0 amide bonds. The topological polar surface area (TPSA) is 48.0 Å². The van der Waals surface area contributed by atoms with Gasteiger partial charge in [-0.15, -0.1) is 0 Å². The monoisotopic (exact) mass is 395 g/mol. The number of nitrogens with zero attached hydrogens (tertiary/aromatic N) is 1. The van der Waals surface area contributed by atoms with Crippen LogP contribution in [0.1, 0.15) is 37.0 Å². The van der Waals surface area contributed by atoms with Gasteiger partial charge < -0.3 is 19.1 Å². The average molecular weight is 395 g/mol. The van der Waals surface area contributed by atoms with Gasteiger partial charge >= 0.3 is 5.97 Å². The molecule has 2 heterocycles. The van der Waals surface area contributed by atoms with Crippen molar-refractivity contribution in [1.82, 2.24) is 4.90 Å². The normalized spacial score (nSPS) is 21.4. The molecule has 1 saturated heterocycles. The molecule has 0 aliphatic carbocycles. The summed E-state index contributed by atoms with van der Waals surface area (Å²) in [6, 6.07) is 16.3. The van der Waals surface area contributed by atoms with Crippen molar-refractivity contribution in [3.8, 4) is 11.5 Å². The number of rotatable bonds is 6. The Hall–Kier alpha value is -2.37. The number of hydrogen-bond acceptors (Lipinski definition) is 5. The van der Waals surface area contributed by atoms with E-state index < -0.39 is 0 Å². The van der Waals surface area contributed by atoms with Crippen LogP contribution in [0.5, 0.6) is 11.5 Å². The number of likely N-dealkylation sites (tertiary alicyclic amines) is 1. The lowest BCUT2D eigenvalue weighted by molar-refractivity contribution is -0.150. The predicted octanol–water partition coefficient (Wildman–Crippen LogP) is 4.37. The zero-order valence-corrected chi connectivity index (χ0v) is 17.0. The molecule has 0 saturated carbocycles. The summed E-state index contributed by atoms with van der Waals surface area (Å²) in [5.74, 6) is 1.69. The zero-order valence-electron chi connectivity index (χ0n) is 17.0. The molecular weight excluding hydrogens is 366 g/mol. The van der Waals surface area contributed by atoms with E-state index in [9.17, 15) is 4.79 Å². The van der Waals surface area contributed by atoms with E-state index in [1.807, 2.05) is 43.3 Å². The molecule has 2 aliphatic rings. The molecule has 2 aliphatic heterocycles. The second-order valence-electron chi connectivity index (χ2n) is 7.70. The van der Waals surface area contributed by atoms with Crippen molar-refractivity contribution < 1.29 is 19.0 Å². The Morgan fingerprint density at radius 3 is 2.79 bits per heavy atom. The van der Waals surface area contributed by atoms with Gasteiger partial charge in [0.2, 0.25) is 0 Å². The number of esters is 1. The van der Waals surface area contributed by atoms with E-state index in [0.717, 1.165) is 61.5 Å². The standard InChI is InChI=1S/C24H29NO4/c1-2-27-24(26)19-9-7-13-25(17-19)14-15-28-23-16-18-8-3-5-11-21(18)29-22-12-6-4-10-20(22)23/h3-6,8,10-12,19,23H,2,7,9,13-17H2,1H3/t19?,23-/m1/s1. The summed E-state index contributed by atoms with van der Waals surface area (Å²) in [6.07, 6.45) is 2.69. The lowest BCUT2D eigenvalue weighted by atomic mass is 9.98. The highest BCUT2D eigenvalue weighted by Gasteiger charge is 2.27. The van der Waals surface area contributed by atoms with Crippen LogP contribution in [-0.4, -0.2) is 43.7 Å². The average Bonchev–Trinajstić information content (AvgIpc) is 2.91. The molecule has 2 atom stereocenters. The van der Waals surface area contributed by atoms with Gasteiger partial charge in [-0.1, -0.05) is 36.4 Å². The van der Waals surface area contributed by atoms with Crippen LogP contribution in [0, 0.1) is 5.92 Å². The van der Waals surface area contributed by atoms with Crippen LogP contribution in [-0.2, 0) is 20.7 Å². The molecule has 0 N–H and O–H groups in total. The van der Waals surface area contributed by atoms with Gasteiger partial charge in [-0.05, 0) is 44.0 Å². The number of carbonyl (C=O) groups is 1. The Morgan fingerprint density at radius 2 is 1.93 bits per heavy atom. The summed E-state index contributed by atoms with van der Waals surface area (Å²) < 4.78 is 17.7. The largest absolute Gasteiger partial charge is 0.466 e. The minimum absolute atomic E-state index is 0.0115. The Bertz CT molecular complexity index is 837. The highest BCUT2D eigenvalue weighted by Crippen LogP contribution is 2.39. The van der Waals surface area contributed by atoms with Crippen LogP contribution in [0.2, 0.25) is 0 Å². The summed E-state index contributed by atoms with van der Waals surface area (Å²) in [5.41, 5.74) is 2.25. The maximum absolute atomic E-state index is 12.1. The first-order valence-electron chi connectivity index (χ1n) is 10.6. The first-order valence-corrected chi connectivity index (χ1v) is 10.6. The molecule has 5 heteroatoms. The summed E-state index contributed by atoms with van der Waals surface area (Å²) in [7, 11) is 0. The summed E-state index contributed by atoms with van der Waals surface area (Å²) in [5, 5.41) is 0. The second kappa shape index (κ2) is 9.42. The van der Waals surface area contributed by atoms with Crippen molar-refractivity contribution >= 4 is 5.97 Å². The fourth-order valence-electron chi connectivity index (χ4n) is 4.22. The zero-order chi connectivity index (χ0) is 20.1. The number of piperidine rings is 1. The highest BCUT2D eigenvalue weighted by molar-refractivity contribution is 5.72. The summed E-state index contributed by atoms with van der Waals surface area (Å²) >= 11 is 0. The van der Waals surface area contributed by atoms with E-state index in [-0.39, 0.29) is 18.0 Å².